The number of hydrogen-bond acceptors (Lipinski definition) is 7. The number of rotatable bonds is 7. The van der Waals surface area contributed by atoms with E-state index in [0.717, 1.165) is 12.7 Å². The van der Waals surface area contributed by atoms with E-state index in [4.69, 9.17) is 9.47 Å². The number of allylic oxidation sites excluding steroid dienone is 1. The van der Waals surface area contributed by atoms with E-state index < -0.39 is 17.8 Å². The fourth-order valence-corrected chi connectivity index (χ4v) is 7.72. The lowest BCUT2D eigenvalue weighted by Gasteiger charge is -2.24. The normalized spacial score (nSPS) is 14.7. The predicted molar refractivity (Wildman–Crippen MR) is 174 cm³/mol. The first-order chi connectivity index (χ1) is 20.2. The number of esters is 1. The first kappa shape index (κ1) is 30.1. The summed E-state index contributed by atoms with van der Waals surface area (Å²) in [7, 11) is 0. The first-order valence-corrected chi connectivity index (χ1v) is 15.7. The molecule has 4 aromatic rings. The van der Waals surface area contributed by atoms with Crippen molar-refractivity contribution in [2.75, 3.05) is 6.61 Å². The third-order valence-corrected chi connectivity index (χ3v) is 8.94. The van der Waals surface area contributed by atoms with Crippen molar-refractivity contribution in [3.63, 3.8) is 0 Å². The standard InChI is InChI=1S/C31H22FI2N3O4S/c1-3-40-30(39)26-17(2)36-31-37(27(26)18-8-10-22(32)11-9-18)29(38)25(42-31)13-21-12-23(33)14-24(34)28(21)41-16-20-7-5-4-6-19(20)15-35/h4-14,27H,3,16H2,1-2H3/b25-13-. The molecule has 3 aromatic carbocycles. The van der Waals surface area contributed by atoms with E-state index in [0.29, 0.717) is 37.5 Å². The van der Waals surface area contributed by atoms with Crippen molar-refractivity contribution in [1.82, 2.24) is 4.57 Å². The molecule has 11 heteroatoms. The van der Waals surface area contributed by atoms with E-state index >= 15 is 0 Å². The highest BCUT2D eigenvalue weighted by Crippen LogP contribution is 2.32. The molecule has 1 aliphatic rings. The van der Waals surface area contributed by atoms with Crippen LogP contribution in [0.4, 0.5) is 4.39 Å². The molecule has 212 valence electrons. The zero-order chi connectivity index (χ0) is 30.0. The van der Waals surface area contributed by atoms with Gasteiger partial charge in [0.1, 0.15) is 18.2 Å². The molecular weight excluding hydrogens is 783 g/mol. The highest BCUT2D eigenvalue weighted by atomic mass is 127. The molecule has 0 aliphatic carbocycles. The van der Waals surface area contributed by atoms with Crippen molar-refractivity contribution in [3.8, 4) is 11.8 Å². The number of nitrogens with zero attached hydrogens (tertiary/aromatic N) is 3. The summed E-state index contributed by atoms with van der Waals surface area (Å²) >= 11 is 5.60. The summed E-state index contributed by atoms with van der Waals surface area (Å²) in [5.74, 6) is -0.432. The second-order valence-corrected chi connectivity index (χ2v) is 12.6. The second kappa shape index (κ2) is 12.9. The lowest BCUT2D eigenvalue weighted by atomic mass is 9.96. The maximum Gasteiger partial charge on any atom is 0.338 e. The van der Waals surface area contributed by atoms with Gasteiger partial charge in [-0.25, -0.2) is 14.2 Å². The van der Waals surface area contributed by atoms with Gasteiger partial charge in [-0.3, -0.25) is 9.36 Å². The van der Waals surface area contributed by atoms with E-state index in [1.165, 1.54) is 28.0 Å². The molecule has 42 heavy (non-hydrogen) atoms. The SMILES string of the molecule is CCOC(=O)C1=C(C)N=c2s/c(=C\c3cc(I)cc(I)c3OCc3ccccc3C#N)c(=O)n2C1c1ccc(F)cc1. The Bertz CT molecular complexity index is 1960. The number of thiazole rings is 1. The van der Waals surface area contributed by atoms with Crippen molar-refractivity contribution in [2.45, 2.75) is 26.5 Å². The fraction of sp³-hybridized carbons (Fsp3) is 0.161. The van der Waals surface area contributed by atoms with Crippen molar-refractivity contribution in [1.29, 1.82) is 5.26 Å². The number of halogens is 3. The Balaban J connectivity index is 1.65. The van der Waals surface area contributed by atoms with Gasteiger partial charge in [0.05, 0.1) is 43.7 Å². The minimum atomic E-state index is -0.836. The van der Waals surface area contributed by atoms with Crippen molar-refractivity contribution >= 4 is 68.6 Å². The molecule has 7 nitrogen and oxygen atoms in total. The molecule has 0 N–H and O–H groups in total. The number of nitriles is 1. The third kappa shape index (κ3) is 6.06. The van der Waals surface area contributed by atoms with Crippen LogP contribution in [0.3, 0.4) is 0 Å². The summed E-state index contributed by atoms with van der Waals surface area (Å²) in [5.41, 5.74) is 2.83. The highest BCUT2D eigenvalue weighted by molar-refractivity contribution is 14.1. The van der Waals surface area contributed by atoms with Crippen LogP contribution in [0, 0.1) is 24.3 Å². The van der Waals surface area contributed by atoms with Crippen LogP contribution in [0.2, 0.25) is 0 Å². The number of carbonyl (C=O) groups is 1. The number of fused-ring (bicyclic) bond motifs is 1. The molecule has 2 heterocycles. The average molecular weight is 805 g/mol. The summed E-state index contributed by atoms with van der Waals surface area (Å²) in [6, 6.07) is 18.2. The van der Waals surface area contributed by atoms with Gasteiger partial charge in [0.15, 0.2) is 4.80 Å². The summed E-state index contributed by atoms with van der Waals surface area (Å²) in [5, 5.41) is 9.48. The minimum Gasteiger partial charge on any atom is -0.487 e. The maximum absolute atomic E-state index is 14.0. The minimum absolute atomic E-state index is 0.156. The van der Waals surface area contributed by atoms with E-state index in [1.54, 1.807) is 44.2 Å². The lowest BCUT2D eigenvalue weighted by molar-refractivity contribution is -0.139. The monoisotopic (exact) mass is 805 g/mol. The van der Waals surface area contributed by atoms with Crippen molar-refractivity contribution in [3.05, 3.63) is 127 Å². The van der Waals surface area contributed by atoms with Crippen LogP contribution in [-0.2, 0) is 16.1 Å². The van der Waals surface area contributed by atoms with E-state index in [1.807, 2.05) is 24.3 Å². The van der Waals surface area contributed by atoms with Crippen LogP contribution in [0.15, 0.2) is 81.7 Å². The number of hydrogen-bond donors (Lipinski definition) is 0. The van der Waals surface area contributed by atoms with Gasteiger partial charge >= 0.3 is 5.97 Å². The van der Waals surface area contributed by atoms with Gasteiger partial charge in [0, 0.05) is 14.7 Å². The van der Waals surface area contributed by atoms with Gasteiger partial charge in [-0.1, -0.05) is 41.7 Å². The molecule has 0 saturated carbocycles. The molecule has 0 amide bonds. The molecule has 1 aromatic heterocycles. The fourth-order valence-electron chi connectivity index (χ4n) is 4.64. The Morgan fingerprint density at radius 2 is 1.93 bits per heavy atom. The van der Waals surface area contributed by atoms with Gasteiger partial charge in [-0.15, -0.1) is 0 Å². The average Bonchev–Trinajstić information content (AvgIpc) is 3.26. The first-order valence-electron chi connectivity index (χ1n) is 12.8. The molecule has 0 bridgehead atoms. The number of benzene rings is 3. The largest absolute Gasteiger partial charge is 0.487 e. The number of aromatic nitrogens is 1. The van der Waals surface area contributed by atoms with Crippen LogP contribution < -0.4 is 19.6 Å². The van der Waals surface area contributed by atoms with Gasteiger partial charge in [0.25, 0.3) is 5.56 Å². The predicted octanol–water partition coefficient (Wildman–Crippen LogP) is 5.60. The van der Waals surface area contributed by atoms with Crippen LogP contribution in [0.25, 0.3) is 6.08 Å². The van der Waals surface area contributed by atoms with Crippen LogP contribution in [0.1, 0.15) is 42.1 Å². The van der Waals surface area contributed by atoms with Gasteiger partial charge in [0.2, 0.25) is 0 Å². The quantitative estimate of drug-likeness (QED) is 0.179. The Morgan fingerprint density at radius 1 is 1.19 bits per heavy atom. The third-order valence-electron chi connectivity index (χ3n) is 6.54. The second-order valence-electron chi connectivity index (χ2n) is 9.22. The molecular formula is C31H22FI2N3O4S. The van der Waals surface area contributed by atoms with Gasteiger partial charge in [-0.05, 0) is 101 Å². The number of ether oxygens (including phenoxy) is 2. The van der Waals surface area contributed by atoms with Crippen LogP contribution in [-0.4, -0.2) is 17.1 Å². The smallest absolute Gasteiger partial charge is 0.338 e. The number of carbonyl (C=O) groups excluding carboxylic acids is 1. The summed E-state index contributed by atoms with van der Waals surface area (Å²) < 4.78 is 29.0. The van der Waals surface area contributed by atoms with Crippen molar-refractivity contribution in [2.24, 2.45) is 4.99 Å². The Morgan fingerprint density at radius 3 is 2.64 bits per heavy atom. The highest BCUT2D eigenvalue weighted by Gasteiger charge is 2.33. The maximum atomic E-state index is 14.0. The Kier molecular flexibility index (Phi) is 9.24. The molecule has 0 spiro atoms. The molecule has 1 atom stereocenters. The summed E-state index contributed by atoms with van der Waals surface area (Å²) in [6.07, 6.45) is 1.75. The molecule has 1 aliphatic heterocycles. The topological polar surface area (TPSA) is 93.7 Å². The Labute approximate surface area is 271 Å². The summed E-state index contributed by atoms with van der Waals surface area (Å²) in [4.78, 5) is 32.1. The molecule has 0 fully saturated rings. The molecule has 5 rings (SSSR count). The molecule has 0 saturated heterocycles. The molecule has 1 unspecified atom stereocenters. The van der Waals surface area contributed by atoms with Crippen molar-refractivity contribution < 1.29 is 18.7 Å². The zero-order valence-corrected chi connectivity index (χ0v) is 27.5. The Hall–Kier alpha value is -3.35. The lowest BCUT2D eigenvalue weighted by Crippen LogP contribution is -2.39. The zero-order valence-electron chi connectivity index (χ0n) is 22.4. The molecule has 0 radical (unpaired) electrons. The van der Waals surface area contributed by atoms with Gasteiger partial charge < -0.3 is 9.47 Å². The van der Waals surface area contributed by atoms with Crippen LogP contribution >= 0.6 is 56.5 Å². The van der Waals surface area contributed by atoms with Gasteiger partial charge in [-0.2, -0.15) is 5.26 Å². The van der Waals surface area contributed by atoms with E-state index in [-0.39, 0.29) is 24.3 Å². The summed E-state index contributed by atoms with van der Waals surface area (Å²) in [6.45, 7) is 3.74. The van der Waals surface area contributed by atoms with E-state index in [2.05, 4.69) is 56.2 Å². The van der Waals surface area contributed by atoms with Crippen LogP contribution in [0.5, 0.6) is 5.75 Å². The van der Waals surface area contributed by atoms with E-state index in [9.17, 15) is 19.2 Å².